The fraction of sp³-hybridized carbons (Fsp3) is 0.545. The highest BCUT2D eigenvalue weighted by Crippen LogP contribution is 2.30. The zero-order chi connectivity index (χ0) is 29.9. The highest BCUT2D eigenvalue weighted by molar-refractivity contribution is 6.39. The molecule has 2 aromatic heterocycles. The molecule has 10 nitrogen and oxygen atoms in total. The van der Waals surface area contributed by atoms with E-state index < -0.39 is 43.9 Å². The second kappa shape index (κ2) is 21.3. The summed E-state index contributed by atoms with van der Waals surface area (Å²) in [4.78, 5) is 5.51. The molecule has 4 N–H and O–H groups in total. The molecule has 0 amide bonds. The van der Waals surface area contributed by atoms with Crippen LogP contribution in [0.2, 0.25) is 20.1 Å². The lowest BCUT2D eigenvalue weighted by atomic mass is 10.4. The van der Waals surface area contributed by atoms with Crippen molar-refractivity contribution < 1.29 is 46.0 Å². The number of hydrogen-bond donors (Lipinski definition) is 2. The number of aromatic nitrogens is 2. The van der Waals surface area contributed by atoms with E-state index in [0.29, 0.717) is 79.3 Å². The van der Waals surface area contributed by atoms with Crippen LogP contribution >= 0.6 is 46.4 Å². The van der Waals surface area contributed by atoms with Crippen molar-refractivity contribution in [1.82, 2.24) is 9.97 Å². The van der Waals surface area contributed by atoms with Crippen LogP contribution in [0, 0.1) is 23.8 Å². The fourth-order valence-corrected chi connectivity index (χ4v) is 2.97. The van der Waals surface area contributed by atoms with Crippen LogP contribution in [0.4, 0.5) is 28.9 Å². The Bertz CT molecular complexity index is 847. The molecular weight excluding hydrogens is 634 g/mol. The minimum Gasteiger partial charge on any atom is -0.396 e. The first-order valence-electron chi connectivity index (χ1n) is 11.4. The van der Waals surface area contributed by atoms with E-state index in [1.54, 1.807) is 0 Å². The fourth-order valence-electron chi connectivity index (χ4n) is 2.33. The topological polar surface area (TPSA) is 133 Å². The third-order valence-corrected chi connectivity index (χ3v) is 5.73. The number of nitrogens with two attached hydrogens (primary N) is 2. The molecule has 3 rings (SSSR count). The van der Waals surface area contributed by atoms with Gasteiger partial charge in [0.15, 0.2) is 0 Å². The van der Waals surface area contributed by atoms with E-state index in [2.05, 4.69) is 9.97 Å². The van der Waals surface area contributed by atoms with Crippen LogP contribution in [0.5, 0.6) is 0 Å². The third kappa shape index (κ3) is 14.4. The lowest BCUT2D eigenvalue weighted by Crippen LogP contribution is -2.16. The standard InChI is InChI=1S/C12H24O6.2C5H2Cl2F2N2/c1-2-14-5-6-16-9-10-18-12-11-17-8-7-15-4-3-13-1;2*6-1-3(10)2(7)5(9)11-4(1)8/h1-12H2;2*(H2,10,11). The average molecular weight is 662 g/mol. The van der Waals surface area contributed by atoms with Gasteiger partial charge in [-0.25, -0.2) is 0 Å². The van der Waals surface area contributed by atoms with Gasteiger partial charge in [-0.05, 0) is 0 Å². The smallest absolute Gasteiger partial charge is 0.236 e. The molecule has 0 saturated carbocycles. The quantitative estimate of drug-likeness (QED) is 0.305. The minimum atomic E-state index is -1.16. The van der Waals surface area contributed by atoms with Gasteiger partial charge in [-0.15, -0.1) is 0 Å². The monoisotopic (exact) mass is 660 g/mol. The second-order valence-corrected chi connectivity index (χ2v) is 8.66. The van der Waals surface area contributed by atoms with Gasteiger partial charge in [-0.1, -0.05) is 46.4 Å². The van der Waals surface area contributed by atoms with Gasteiger partial charge in [-0.2, -0.15) is 27.5 Å². The van der Waals surface area contributed by atoms with Crippen LogP contribution in [0.3, 0.4) is 0 Å². The van der Waals surface area contributed by atoms with Crippen molar-refractivity contribution in [2.24, 2.45) is 0 Å². The Morgan fingerprint density at radius 1 is 0.400 bits per heavy atom. The van der Waals surface area contributed by atoms with Crippen LogP contribution in [0.15, 0.2) is 0 Å². The van der Waals surface area contributed by atoms with Crippen molar-refractivity contribution in [3.05, 3.63) is 43.9 Å². The molecule has 228 valence electrons. The molecule has 0 unspecified atom stereocenters. The van der Waals surface area contributed by atoms with Crippen molar-refractivity contribution in [3.63, 3.8) is 0 Å². The maximum absolute atomic E-state index is 12.4. The van der Waals surface area contributed by atoms with Gasteiger partial charge < -0.3 is 39.9 Å². The molecule has 2 aromatic rings. The van der Waals surface area contributed by atoms with Gasteiger partial charge in [-0.3, -0.25) is 0 Å². The molecule has 0 aromatic carbocycles. The van der Waals surface area contributed by atoms with Crippen LogP contribution in [0.1, 0.15) is 0 Å². The molecule has 0 atom stereocenters. The molecule has 1 aliphatic heterocycles. The number of nitrogen functional groups attached to an aromatic ring is 2. The van der Waals surface area contributed by atoms with Gasteiger partial charge in [0.05, 0.1) is 90.7 Å². The van der Waals surface area contributed by atoms with Gasteiger partial charge in [0, 0.05) is 0 Å². The van der Waals surface area contributed by atoms with Crippen LogP contribution in [-0.2, 0) is 28.4 Å². The maximum Gasteiger partial charge on any atom is 0.236 e. The van der Waals surface area contributed by atoms with E-state index in [-0.39, 0.29) is 11.4 Å². The number of anilines is 2. The Balaban J connectivity index is 0.000000315. The summed E-state index contributed by atoms with van der Waals surface area (Å²) in [7, 11) is 0. The summed E-state index contributed by atoms with van der Waals surface area (Å²) in [5.74, 6) is -4.64. The molecular formula is C22H28Cl4F4N4O6. The maximum atomic E-state index is 12.4. The first-order chi connectivity index (χ1) is 19.1. The van der Waals surface area contributed by atoms with Gasteiger partial charge in [0.2, 0.25) is 23.8 Å². The molecule has 0 radical (unpaired) electrons. The number of pyridine rings is 2. The Morgan fingerprint density at radius 3 is 0.700 bits per heavy atom. The number of nitrogens with zero attached hydrogens (tertiary/aromatic N) is 2. The van der Waals surface area contributed by atoms with Crippen LogP contribution in [-0.4, -0.2) is 89.3 Å². The largest absolute Gasteiger partial charge is 0.396 e. The average Bonchev–Trinajstić information content (AvgIpc) is 2.93. The van der Waals surface area contributed by atoms with Crippen molar-refractivity contribution >= 4 is 57.8 Å². The van der Waals surface area contributed by atoms with E-state index in [1.807, 2.05) is 0 Å². The van der Waals surface area contributed by atoms with Gasteiger partial charge >= 0.3 is 0 Å². The van der Waals surface area contributed by atoms with E-state index in [9.17, 15) is 17.6 Å². The van der Waals surface area contributed by atoms with Crippen molar-refractivity contribution in [3.8, 4) is 0 Å². The first-order valence-corrected chi connectivity index (χ1v) is 13.0. The van der Waals surface area contributed by atoms with E-state index >= 15 is 0 Å². The molecule has 0 aliphatic carbocycles. The summed E-state index contributed by atoms with van der Waals surface area (Å²) in [6.45, 7) is 7.04. The third-order valence-electron chi connectivity index (χ3n) is 4.30. The Hall–Kier alpha value is -1.46. The van der Waals surface area contributed by atoms with E-state index in [4.69, 9.17) is 86.3 Å². The molecule has 1 fully saturated rings. The molecule has 3 heterocycles. The molecule has 0 spiro atoms. The van der Waals surface area contributed by atoms with Crippen molar-refractivity contribution in [2.75, 3.05) is 90.7 Å². The highest BCUT2D eigenvalue weighted by atomic mass is 35.5. The molecule has 0 bridgehead atoms. The first kappa shape index (κ1) is 36.6. The summed E-state index contributed by atoms with van der Waals surface area (Å²) < 4.78 is 81.6. The lowest BCUT2D eigenvalue weighted by molar-refractivity contribution is -0.0334. The number of rotatable bonds is 0. The SMILES string of the molecule is C1COCCOCCOCCOCCOCCO1.Nc1c(Cl)c(F)nc(F)c1Cl.Nc1c(Cl)c(F)nc(F)c1Cl. The van der Waals surface area contributed by atoms with Crippen molar-refractivity contribution in [1.29, 1.82) is 0 Å². The number of halogens is 8. The summed E-state index contributed by atoms with van der Waals surface area (Å²) in [5, 5.41) is -1.85. The van der Waals surface area contributed by atoms with Gasteiger partial charge in [0.1, 0.15) is 20.1 Å². The van der Waals surface area contributed by atoms with E-state index in [0.717, 1.165) is 0 Å². The summed E-state index contributed by atoms with van der Waals surface area (Å²) >= 11 is 21.0. The van der Waals surface area contributed by atoms with Gasteiger partial charge in [0.25, 0.3) is 0 Å². The Kier molecular flexibility index (Phi) is 19.4. The zero-order valence-corrected chi connectivity index (χ0v) is 24.0. The molecule has 18 heteroatoms. The highest BCUT2D eigenvalue weighted by Gasteiger charge is 2.15. The molecule has 1 aliphatic rings. The Labute approximate surface area is 248 Å². The van der Waals surface area contributed by atoms with Crippen molar-refractivity contribution in [2.45, 2.75) is 0 Å². The molecule has 1 saturated heterocycles. The lowest BCUT2D eigenvalue weighted by Gasteiger charge is -2.09. The molecule has 40 heavy (non-hydrogen) atoms. The van der Waals surface area contributed by atoms with Crippen LogP contribution in [0.25, 0.3) is 0 Å². The summed E-state index contributed by atoms with van der Waals surface area (Å²) in [6, 6.07) is 0. The Morgan fingerprint density at radius 2 is 0.550 bits per heavy atom. The van der Waals surface area contributed by atoms with E-state index in [1.165, 1.54) is 0 Å². The summed E-state index contributed by atoms with van der Waals surface area (Å²) in [5.41, 5.74) is 9.53. The second-order valence-electron chi connectivity index (χ2n) is 7.14. The number of hydrogen-bond acceptors (Lipinski definition) is 10. The predicted molar refractivity (Wildman–Crippen MR) is 142 cm³/mol. The van der Waals surface area contributed by atoms with Crippen LogP contribution < -0.4 is 11.5 Å². The zero-order valence-electron chi connectivity index (χ0n) is 21.0. The number of ether oxygens (including phenoxy) is 6. The minimum absolute atomic E-state index is 0.335. The summed E-state index contributed by atoms with van der Waals surface area (Å²) in [6.07, 6.45) is 0. The normalized spacial score (nSPS) is 16.4. The predicted octanol–water partition coefficient (Wildman–Crippen LogP) is 4.60.